The lowest BCUT2D eigenvalue weighted by molar-refractivity contribution is -0.277. The van der Waals surface area contributed by atoms with Crippen molar-refractivity contribution in [2.75, 3.05) is 7.11 Å². The summed E-state index contributed by atoms with van der Waals surface area (Å²) in [6, 6.07) is 5.64. The number of methoxy groups -OCH3 is 1. The molecule has 0 N–H and O–H groups in total. The molecule has 0 bridgehead atoms. The zero-order valence-electron chi connectivity index (χ0n) is 16.2. The zero-order chi connectivity index (χ0) is 22.4. The number of carbonyl (C=O) groups excluding carboxylic acids is 2. The topological polar surface area (TPSA) is 111 Å². The van der Waals surface area contributed by atoms with Gasteiger partial charge in [0.05, 0.1) is 0 Å². The maximum absolute atomic E-state index is 14.0. The molecule has 0 fully saturated rings. The number of alkyl halides is 3. The van der Waals surface area contributed by atoms with Crippen molar-refractivity contribution in [1.82, 2.24) is 0 Å². The molecule has 2 rings (SSSR count). The van der Waals surface area contributed by atoms with Crippen LogP contribution < -0.4 is 0 Å². The van der Waals surface area contributed by atoms with Crippen molar-refractivity contribution in [3.05, 3.63) is 58.5 Å². The van der Waals surface area contributed by atoms with Gasteiger partial charge in [-0.15, -0.1) is 0 Å². The van der Waals surface area contributed by atoms with Gasteiger partial charge in [0.2, 0.25) is 0 Å². The fraction of sp³-hybridized carbons (Fsp3) is 0.474. The first kappa shape index (κ1) is 23.2. The van der Waals surface area contributed by atoms with Gasteiger partial charge >= 0.3 is 18.1 Å². The lowest BCUT2D eigenvalue weighted by Crippen LogP contribution is -2.52. The Balaban J connectivity index is 2.35. The number of hydrogen-bond acceptors (Lipinski definition) is 6. The van der Waals surface area contributed by atoms with E-state index in [-0.39, 0.29) is 12.8 Å². The van der Waals surface area contributed by atoms with Crippen LogP contribution in [0.4, 0.5) is 13.2 Å². The van der Waals surface area contributed by atoms with E-state index in [4.69, 9.17) is 19.7 Å². The lowest BCUT2D eigenvalue weighted by Gasteiger charge is -2.33. The van der Waals surface area contributed by atoms with Crippen LogP contribution in [0.2, 0.25) is 0 Å². The Kier molecular flexibility index (Phi) is 7.47. The van der Waals surface area contributed by atoms with E-state index in [2.05, 4.69) is 10.0 Å². The summed E-state index contributed by atoms with van der Waals surface area (Å²) < 4.78 is 56.8. The van der Waals surface area contributed by atoms with E-state index in [9.17, 15) is 22.8 Å². The summed E-state index contributed by atoms with van der Waals surface area (Å²) in [4.78, 5) is 26.6. The number of benzene rings is 1. The third kappa shape index (κ3) is 5.11. The van der Waals surface area contributed by atoms with Gasteiger partial charge in [0.25, 0.3) is 5.60 Å². The molecule has 0 saturated heterocycles. The van der Waals surface area contributed by atoms with E-state index in [1.54, 1.807) is 0 Å². The fourth-order valence-corrected chi connectivity index (χ4v) is 3.20. The first-order valence-electron chi connectivity index (χ1n) is 8.92. The minimum atomic E-state index is -5.11. The highest BCUT2D eigenvalue weighted by Gasteiger charge is 2.64. The smallest absolute Gasteiger partial charge is 0.432 e. The van der Waals surface area contributed by atoms with Crippen molar-refractivity contribution in [3.63, 3.8) is 0 Å². The zero-order valence-corrected chi connectivity index (χ0v) is 16.2. The Hall–Kier alpha value is -3.04. The van der Waals surface area contributed by atoms with Crippen molar-refractivity contribution < 1.29 is 37.0 Å². The molecule has 8 nitrogen and oxygen atoms in total. The normalized spacial score (nSPS) is 23.4. The van der Waals surface area contributed by atoms with Crippen molar-refractivity contribution >= 4 is 11.9 Å². The summed E-state index contributed by atoms with van der Waals surface area (Å²) in [5, 5.41) is 3.55. The standard InChI is InChI=1S/C19H20F3N3O5/c1-12(26)29-15-8-9-16(11-14(10-15)24-25-23)30-17(27)18(28-2,19(20,21)22)13-6-4-3-5-7-13/h3-9,14-16H,10-11H2,1-2H3/t14-,15-,16+,18?/m1/s1. The summed E-state index contributed by atoms with van der Waals surface area (Å²) >= 11 is 0. The number of ether oxygens (including phenoxy) is 3. The molecule has 0 saturated carbocycles. The van der Waals surface area contributed by atoms with Crippen molar-refractivity contribution in [2.24, 2.45) is 5.11 Å². The van der Waals surface area contributed by atoms with E-state index in [0.29, 0.717) is 0 Å². The van der Waals surface area contributed by atoms with Crippen LogP contribution >= 0.6 is 0 Å². The first-order valence-corrected chi connectivity index (χ1v) is 8.92. The first-order chi connectivity index (χ1) is 14.1. The predicted octanol–water partition coefficient (Wildman–Crippen LogP) is 3.96. The summed E-state index contributed by atoms with van der Waals surface area (Å²) in [5.41, 5.74) is 4.95. The number of azide groups is 1. The molecule has 0 aromatic heterocycles. The molecule has 0 radical (unpaired) electrons. The van der Waals surface area contributed by atoms with E-state index in [1.165, 1.54) is 37.3 Å². The number of carbonyl (C=O) groups is 2. The highest BCUT2D eigenvalue weighted by molar-refractivity contribution is 5.83. The van der Waals surface area contributed by atoms with Gasteiger partial charge in [0.1, 0.15) is 12.2 Å². The fourth-order valence-electron chi connectivity index (χ4n) is 3.20. The van der Waals surface area contributed by atoms with Gasteiger partial charge < -0.3 is 14.2 Å². The Morgan fingerprint density at radius 2 is 1.67 bits per heavy atom. The third-order valence-corrected chi connectivity index (χ3v) is 4.51. The molecule has 0 amide bonds. The van der Waals surface area contributed by atoms with Crippen LogP contribution in [0.5, 0.6) is 0 Å². The van der Waals surface area contributed by atoms with E-state index < -0.39 is 47.5 Å². The summed E-state index contributed by atoms with van der Waals surface area (Å²) in [7, 11) is 0.768. The van der Waals surface area contributed by atoms with E-state index in [1.807, 2.05) is 0 Å². The summed E-state index contributed by atoms with van der Waals surface area (Å²) in [5.74, 6) is -2.25. The number of nitrogens with zero attached hydrogens (tertiary/aromatic N) is 3. The average molecular weight is 427 g/mol. The molecule has 30 heavy (non-hydrogen) atoms. The summed E-state index contributed by atoms with van der Waals surface area (Å²) in [6.07, 6.45) is -4.34. The van der Waals surface area contributed by atoms with Gasteiger partial charge in [0.15, 0.2) is 0 Å². The van der Waals surface area contributed by atoms with Gasteiger partial charge in [-0.25, -0.2) is 4.79 Å². The Morgan fingerprint density at radius 3 is 2.13 bits per heavy atom. The van der Waals surface area contributed by atoms with Crippen molar-refractivity contribution in [3.8, 4) is 0 Å². The van der Waals surface area contributed by atoms with Crippen LogP contribution in [0, 0.1) is 0 Å². The SMILES string of the molecule is COC(C(=O)O[C@H]1C=C[C@@H](OC(C)=O)C[C@@H](N=[N+]=[N-])C1)(c1ccccc1)C(F)(F)F. The lowest BCUT2D eigenvalue weighted by atomic mass is 9.92. The van der Waals surface area contributed by atoms with Crippen molar-refractivity contribution in [1.29, 1.82) is 0 Å². The molecule has 1 aliphatic rings. The van der Waals surface area contributed by atoms with E-state index in [0.717, 1.165) is 19.2 Å². The highest BCUT2D eigenvalue weighted by Crippen LogP contribution is 2.43. The van der Waals surface area contributed by atoms with Crippen molar-refractivity contribution in [2.45, 2.75) is 49.8 Å². The Bertz CT molecular complexity index is 840. The second-order valence-electron chi connectivity index (χ2n) is 6.56. The van der Waals surface area contributed by atoms with Crippen LogP contribution in [-0.4, -0.2) is 43.5 Å². The molecule has 0 heterocycles. The number of hydrogen-bond donors (Lipinski definition) is 0. The minimum absolute atomic E-state index is 0.0868. The van der Waals surface area contributed by atoms with E-state index >= 15 is 0 Å². The number of halogens is 3. The van der Waals surface area contributed by atoms with Gasteiger partial charge in [-0.2, -0.15) is 13.2 Å². The van der Waals surface area contributed by atoms with Crippen LogP contribution in [0.3, 0.4) is 0 Å². The van der Waals surface area contributed by atoms with Gasteiger partial charge in [-0.1, -0.05) is 35.4 Å². The maximum Gasteiger partial charge on any atom is 0.432 e. The largest absolute Gasteiger partial charge is 0.458 e. The quantitative estimate of drug-likeness (QED) is 0.224. The molecular weight excluding hydrogens is 407 g/mol. The predicted molar refractivity (Wildman–Crippen MR) is 97.9 cm³/mol. The Morgan fingerprint density at radius 1 is 1.10 bits per heavy atom. The molecule has 1 unspecified atom stereocenters. The monoisotopic (exact) mass is 427 g/mol. The second-order valence-corrected chi connectivity index (χ2v) is 6.56. The molecule has 1 aromatic carbocycles. The number of rotatable bonds is 6. The Labute approximate surface area is 170 Å². The molecule has 1 aliphatic carbocycles. The molecule has 1 aromatic rings. The minimum Gasteiger partial charge on any atom is -0.458 e. The molecule has 11 heteroatoms. The second kappa shape index (κ2) is 9.64. The van der Waals surface area contributed by atoms with Crippen LogP contribution in [-0.2, 0) is 29.4 Å². The molecule has 0 aliphatic heterocycles. The third-order valence-electron chi connectivity index (χ3n) is 4.51. The molecular formula is C19H20F3N3O5. The molecule has 0 spiro atoms. The summed E-state index contributed by atoms with van der Waals surface area (Å²) in [6.45, 7) is 1.19. The maximum atomic E-state index is 14.0. The van der Waals surface area contributed by atoms with Gasteiger partial charge in [-0.05, 0) is 30.5 Å². The highest BCUT2D eigenvalue weighted by atomic mass is 19.4. The molecule has 162 valence electrons. The average Bonchev–Trinajstić information content (AvgIpc) is 2.84. The van der Waals surface area contributed by atoms with Crippen LogP contribution in [0.15, 0.2) is 47.6 Å². The van der Waals surface area contributed by atoms with Gasteiger partial charge in [0, 0.05) is 30.6 Å². The van der Waals surface area contributed by atoms with Gasteiger partial charge in [-0.3, -0.25) is 4.79 Å². The van der Waals surface area contributed by atoms with Crippen LogP contribution in [0.1, 0.15) is 25.3 Å². The number of esters is 2. The molecule has 4 atom stereocenters. The van der Waals surface area contributed by atoms with Crippen LogP contribution in [0.25, 0.3) is 10.4 Å².